The van der Waals surface area contributed by atoms with E-state index in [-0.39, 0.29) is 11.9 Å². The fourth-order valence-electron chi connectivity index (χ4n) is 4.10. The summed E-state index contributed by atoms with van der Waals surface area (Å²) in [5.74, 6) is 0.0240. The Morgan fingerprint density at radius 1 is 1.00 bits per heavy atom. The van der Waals surface area contributed by atoms with Crippen LogP contribution in [0.2, 0.25) is 0 Å². The van der Waals surface area contributed by atoms with Gasteiger partial charge in [-0.3, -0.25) is 9.20 Å². The van der Waals surface area contributed by atoms with Crippen molar-refractivity contribution in [2.24, 2.45) is 0 Å². The number of carbonyl (C=O) groups excluding carboxylic acids is 1. The number of aryl methyl sites for hydroxylation is 2. The standard InChI is InChI=1S/C22H33N3O/c1-17-14-15-25-20(16-17)23-18(2)21(25)22(26)24-19-12-10-8-6-4-3-5-7-9-11-13-19/h14-16,19H,3-13H2,1-2H3,(H,24,26). The molecule has 1 fully saturated rings. The number of amides is 1. The van der Waals surface area contributed by atoms with Gasteiger partial charge in [0, 0.05) is 12.2 Å². The highest BCUT2D eigenvalue weighted by Crippen LogP contribution is 2.18. The minimum Gasteiger partial charge on any atom is -0.348 e. The molecule has 2 aromatic rings. The van der Waals surface area contributed by atoms with Crippen LogP contribution in [0.4, 0.5) is 0 Å². The average molecular weight is 356 g/mol. The molecule has 1 N–H and O–H groups in total. The van der Waals surface area contributed by atoms with Crippen molar-refractivity contribution in [2.45, 2.75) is 90.5 Å². The zero-order valence-corrected chi connectivity index (χ0v) is 16.4. The van der Waals surface area contributed by atoms with Gasteiger partial charge in [0.2, 0.25) is 0 Å². The number of nitrogens with zero attached hydrogens (tertiary/aromatic N) is 2. The second-order valence-corrected chi connectivity index (χ2v) is 7.91. The Morgan fingerprint density at radius 3 is 2.19 bits per heavy atom. The van der Waals surface area contributed by atoms with Gasteiger partial charge >= 0.3 is 0 Å². The van der Waals surface area contributed by atoms with Crippen LogP contribution in [0, 0.1) is 13.8 Å². The van der Waals surface area contributed by atoms with Crippen molar-refractivity contribution in [3.63, 3.8) is 0 Å². The van der Waals surface area contributed by atoms with Gasteiger partial charge in [-0.15, -0.1) is 0 Å². The lowest BCUT2D eigenvalue weighted by Gasteiger charge is -2.19. The Hall–Kier alpha value is -1.84. The molecule has 1 amide bonds. The molecule has 0 saturated heterocycles. The molecule has 1 aliphatic rings. The molecule has 4 heteroatoms. The van der Waals surface area contributed by atoms with Gasteiger partial charge in [0.1, 0.15) is 11.3 Å². The summed E-state index contributed by atoms with van der Waals surface area (Å²) in [5.41, 5.74) is 3.51. The molecule has 0 bridgehead atoms. The van der Waals surface area contributed by atoms with E-state index in [1.165, 1.54) is 57.8 Å². The van der Waals surface area contributed by atoms with E-state index in [1.807, 2.05) is 29.7 Å². The predicted octanol–water partition coefficient (Wildman–Crippen LogP) is 5.35. The molecule has 3 rings (SSSR count). The molecule has 142 valence electrons. The van der Waals surface area contributed by atoms with Crippen LogP contribution in [0.1, 0.15) is 92.4 Å². The summed E-state index contributed by atoms with van der Waals surface area (Å²) in [6, 6.07) is 4.35. The summed E-state index contributed by atoms with van der Waals surface area (Å²) in [7, 11) is 0. The Bertz CT molecular complexity index is 722. The van der Waals surface area contributed by atoms with Crippen LogP contribution in [0.15, 0.2) is 18.3 Å². The van der Waals surface area contributed by atoms with Crippen LogP contribution in [0.25, 0.3) is 5.65 Å². The van der Waals surface area contributed by atoms with Gasteiger partial charge in [-0.1, -0.05) is 57.8 Å². The van der Waals surface area contributed by atoms with Crippen molar-refractivity contribution in [1.29, 1.82) is 0 Å². The molecule has 0 spiro atoms. The number of carbonyl (C=O) groups is 1. The van der Waals surface area contributed by atoms with Crippen molar-refractivity contribution in [2.75, 3.05) is 0 Å². The Kier molecular flexibility index (Phi) is 6.70. The Labute approximate surface area is 157 Å². The monoisotopic (exact) mass is 355 g/mol. The third kappa shape index (κ3) is 4.87. The van der Waals surface area contributed by atoms with Gasteiger partial charge in [0.05, 0.1) is 5.69 Å². The van der Waals surface area contributed by atoms with E-state index < -0.39 is 0 Å². The lowest BCUT2D eigenvalue weighted by atomic mass is 9.98. The summed E-state index contributed by atoms with van der Waals surface area (Å²) < 4.78 is 1.92. The van der Waals surface area contributed by atoms with E-state index in [4.69, 9.17) is 0 Å². The molecule has 0 aromatic carbocycles. The van der Waals surface area contributed by atoms with E-state index >= 15 is 0 Å². The maximum Gasteiger partial charge on any atom is 0.270 e. The van der Waals surface area contributed by atoms with Gasteiger partial charge < -0.3 is 5.32 Å². The van der Waals surface area contributed by atoms with Crippen LogP contribution in [0.3, 0.4) is 0 Å². The molecule has 26 heavy (non-hydrogen) atoms. The smallest absolute Gasteiger partial charge is 0.270 e. The third-order valence-electron chi connectivity index (χ3n) is 5.61. The molecular weight excluding hydrogens is 322 g/mol. The fraction of sp³-hybridized carbons (Fsp3) is 0.636. The molecule has 0 unspecified atom stereocenters. The molecule has 2 heterocycles. The maximum absolute atomic E-state index is 13.0. The van der Waals surface area contributed by atoms with E-state index in [0.29, 0.717) is 5.69 Å². The van der Waals surface area contributed by atoms with E-state index in [9.17, 15) is 4.79 Å². The molecule has 0 aliphatic heterocycles. The number of nitrogens with one attached hydrogen (secondary N) is 1. The van der Waals surface area contributed by atoms with Gasteiger partial charge in [0.15, 0.2) is 0 Å². The maximum atomic E-state index is 13.0. The van der Waals surface area contributed by atoms with Crippen LogP contribution < -0.4 is 5.32 Å². The van der Waals surface area contributed by atoms with Crippen LogP contribution >= 0.6 is 0 Å². The van der Waals surface area contributed by atoms with Crippen molar-refractivity contribution in [3.05, 3.63) is 35.3 Å². The molecular formula is C22H33N3O. The van der Waals surface area contributed by atoms with Crippen molar-refractivity contribution in [1.82, 2.24) is 14.7 Å². The van der Waals surface area contributed by atoms with E-state index in [2.05, 4.69) is 17.2 Å². The molecule has 0 radical (unpaired) electrons. The van der Waals surface area contributed by atoms with E-state index in [0.717, 1.165) is 29.7 Å². The quantitative estimate of drug-likeness (QED) is 0.789. The van der Waals surface area contributed by atoms with Gasteiger partial charge in [-0.2, -0.15) is 0 Å². The Morgan fingerprint density at radius 2 is 1.58 bits per heavy atom. The zero-order valence-electron chi connectivity index (χ0n) is 16.4. The summed E-state index contributed by atoms with van der Waals surface area (Å²) in [5, 5.41) is 3.32. The molecule has 1 saturated carbocycles. The second-order valence-electron chi connectivity index (χ2n) is 7.91. The molecule has 4 nitrogen and oxygen atoms in total. The highest BCUT2D eigenvalue weighted by molar-refractivity contribution is 5.94. The summed E-state index contributed by atoms with van der Waals surface area (Å²) in [4.78, 5) is 17.6. The lowest BCUT2D eigenvalue weighted by molar-refractivity contribution is 0.0924. The number of aromatic nitrogens is 2. The van der Waals surface area contributed by atoms with Gasteiger partial charge in [0.25, 0.3) is 5.91 Å². The minimum atomic E-state index is 0.0240. The number of imidazole rings is 1. The number of hydrogen-bond acceptors (Lipinski definition) is 2. The predicted molar refractivity (Wildman–Crippen MR) is 107 cm³/mol. The van der Waals surface area contributed by atoms with Crippen molar-refractivity contribution < 1.29 is 4.79 Å². The highest BCUT2D eigenvalue weighted by Gasteiger charge is 2.20. The number of rotatable bonds is 2. The fourth-order valence-corrected chi connectivity index (χ4v) is 4.10. The lowest BCUT2D eigenvalue weighted by Crippen LogP contribution is -2.36. The van der Waals surface area contributed by atoms with Gasteiger partial charge in [-0.25, -0.2) is 4.98 Å². The number of fused-ring (bicyclic) bond motifs is 1. The highest BCUT2D eigenvalue weighted by atomic mass is 16.2. The number of hydrogen-bond donors (Lipinski definition) is 1. The third-order valence-corrected chi connectivity index (χ3v) is 5.61. The van der Waals surface area contributed by atoms with Crippen molar-refractivity contribution >= 4 is 11.6 Å². The topological polar surface area (TPSA) is 46.4 Å². The van der Waals surface area contributed by atoms with Crippen LogP contribution in [-0.2, 0) is 0 Å². The van der Waals surface area contributed by atoms with Crippen LogP contribution in [-0.4, -0.2) is 21.3 Å². The van der Waals surface area contributed by atoms with Crippen molar-refractivity contribution in [3.8, 4) is 0 Å². The first kappa shape index (κ1) is 18.9. The van der Waals surface area contributed by atoms with E-state index in [1.54, 1.807) is 0 Å². The first-order chi connectivity index (χ1) is 12.6. The largest absolute Gasteiger partial charge is 0.348 e. The zero-order chi connectivity index (χ0) is 18.4. The minimum absolute atomic E-state index is 0.0240. The second kappa shape index (κ2) is 9.20. The molecule has 2 aromatic heterocycles. The molecule has 1 aliphatic carbocycles. The first-order valence-electron chi connectivity index (χ1n) is 10.4. The Balaban J connectivity index is 1.69. The average Bonchev–Trinajstić information content (AvgIpc) is 2.92. The first-order valence-corrected chi connectivity index (χ1v) is 10.4. The summed E-state index contributed by atoms with van der Waals surface area (Å²) in [6.45, 7) is 3.98. The van der Waals surface area contributed by atoms with Gasteiger partial charge in [-0.05, 0) is 44.4 Å². The SMILES string of the molecule is Cc1ccn2c(C(=O)NC3CCCCCCCCCCC3)c(C)nc2c1. The number of pyridine rings is 1. The normalized spacial score (nSPS) is 18.2. The summed E-state index contributed by atoms with van der Waals surface area (Å²) in [6.07, 6.45) is 16.0. The molecule has 0 atom stereocenters. The van der Waals surface area contributed by atoms with Crippen LogP contribution in [0.5, 0.6) is 0 Å². The summed E-state index contributed by atoms with van der Waals surface area (Å²) >= 11 is 0.